The smallest absolute Gasteiger partial charge is 0.281 e. The molecule has 0 radical (unpaired) electrons. The Morgan fingerprint density at radius 3 is 2.21 bits per heavy atom. The van der Waals surface area contributed by atoms with Crippen LogP contribution >= 0.6 is 0 Å². The Labute approximate surface area is 116 Å². The van der Waals surface area contributed by atoms with Gasteiger partial charge in [0.05, 0.1) is 0 Å². The van der Waals surface area contributed by atoms with Crippen molar-refractivity contribution in [1.82, 2.24) is 13.9 Å². The molecule has 0 atom stereocenters. The molecule has 5 nitrogen and oxygen atoms in total. The van der Waals surface area contributed by atoms with Crippen LogP contribution in [0.4, 0.5) is 0 Å². The minimum Gasteiger partial charge on any atom is -0.317 e. The molecule has 3 aliphatic rings. The van der Waals surface area contributed by atoms with Crippen molar-refractivity contribution in [2.45, 2.75) is 38.5 Å². The molecule has 3 aliphatic heterocycles. The molecule has 3 saturated heterocycles. The maximum atomic E-state index is 12.7. The van der Waals surface area contributed by atoms with Gasteiger partial charge in [0.2, 0.25) is 0 Å². The fourth-order valence-electron chi connectivity index (χ4n) is 3.72. The average molecular weight is 287 g/mol. The van der Waals surface area contributed by atoms with E-state index in [0.717, 1.165) is 58.3 Å². The summed E-state index contributed by atoms with van der Waals surface area (Å²) in [6.07, 6.45) is 6.49. The van der Waals surface area contributed by atoms with Crippen LogP contribution in [0.5, 0.6) is 0 Å². The van der Waals surface area contributed by atoms with Gasteiger partial charge in [-0.3, -0.25) is 0 Å². The highest BCUT2D eigenvalue weighted by Crippen LogP contribution is 2.40. The van der Waals surface area contributed by atoms with Gasteiger partial charge in [-0.05, 0) is 50.6 Å². The molecule has 6 heteroatoms. The van der Waals surface area contributed by atoms with Crippen molar-refractivity contribution in [3.05, 3.63) is 0 Å². The topological polar surface area (TPSA) is 52.7 Å². The predicted molar refractivity (Wildman–Crippen MR) is 75.1 cm³/mol. The lowest BCUT2D eigenvalue weighted by Crippen LogP contribution is -2.46. The first-order valence-electron chi connectivity index (χ1n) is 7.58. The first kappa shape index (κ1) is 13.8. The van der Waals surface area contributed by atoms with Crippen molar-refractivity contribution in [1.29, 1.82) is 0 Å². The van der Waals surface area contributed by atoms with Crippen molar-refractivity contribution >= 4 is 10.2 Å². The lowest BCUT2D eigenvalue weighted by atomic mass is 9.78. The molecule has 1 spiro atoms. The van der Waals surface area contributed by atoms with Crippen LogP contribution in [0.15, 0.2) is 0 Å². The van der Waals surface area contributed by atoms with E-state index in [-0.39, 0.29) is 5.41 Å². The first-order valence-corrected chi connectivity index (χ1v) is 8.98. The molecule has 0 aromatic heterocycles. The molecule has 0 saturated carbocycles. The van der Waals surface area contributed by atoms with E-state index in [2.05, 4.69) is 5.32 Å². The second-order valence-electron chi connectivity index (χ2n) is 6.30. The van der Waals surface area contributed by atoms with Crippen molar-refractivity contribution < 1.29 is 8.42 Å². The number of hydrogen-bond donors (Lipinski definition) is 1. The molecule has 0 unspecified atom stereocenters. The second kappa shape index (κ2) is 5.31. The van der Waals surface area contributed by atoms with Crippen LogP contribution in [0.2, 0.25) is 0 Å². The zero-order valence-electron chi connectivity index (χ0n) is 11.6. The summed E-state index contributed by atoms with van der Waals surface area (Å²) in [5.74, 6) is 0. The quantitative estimate of drug-likeness (QED) is 0.817. The molecule has 3 heterocycles. The molecule has 0 amide bonds. The van der Waals surface area contributed by atoms with Gasteiger partial charge in [-0.25, -0.2) is 0 Å². The molecule has 3 fully saturated rings. The standard InChI is InChI=1S/C13H25N3O2S/c17-19(18,15-9-2-1-3-10-15)16-11-6-13(12-16)4-7-14-8-5-13/h14H,1-12H2. The predicted octanol–water partition coefficient (Wildman–Crippen LogP) is 0.793. The molecule has 0 bridgehead atoms. The zero-order valence-corrected chi connectivity index (χ0v) is 12.4. The van der Waals surface area contributed by atoms with Crippen LogP contribution in [-0.2, 0) is 10.2 Å². The molecular formula is C13H25N3O2S. The van der Waals surface area contributed by atoms with Crippen LogP contribution in [0.25, 0.3) is 0 Å². The van der Waals surface area contributed by atoms with Crippen molar-refractivity contribution in [2.75, 3.05) is 39.3 Å². The normalized spacial score (nSPS) is 29.9. The van der Waals surface area contributed by atoms with Gasteiger partial charge in [-0.2, -0.15) is 17.0 Å². The summed E-state index contributed by atoms with van der Waals surface area (Å²) in [7, 11) is -3.19. The van der Waals surface area contributed by atoms with E-state index in [9.17, 15) is 8.42 Å². The summed E-state index contributed by atoms with van der Waals surface area (Å²) in [4.78, 5) is 0. The lowest BCUT2D eigenvalue weighted by Gasteiger charge is -2.35. The van der Waals surface area contributed by atoms with Gasteiger partial charge in [-0.1, -0.05) is 6.42 Å². The van der Waals surface area contributed by atoms with E-state index in [0.29, 0.717) is 13.1 Å². The number of hydrogen-bond acceptors (Lipinski definition) is 3. The monoisotopic (exact) mass is 287 g/mol. The molecule has 0 aliphatic carbocycles. The van der Waals surface area contributed by atoms with E-state index in [4.69, 9.17) is 0 Å². The number of nitrogens with zero attached hydrogens (tertiary/aromatic N) is 2. The maximum Gasteiger partial charge on any atom is 0.281 e. The van der Waals surface area contributed by atoms with E-state index in [1.807, 2.05) is 0 Å². The third kappa shape index (κ3) is 2.68. The number of piperidine rings is 2. The summed E-state index contributed by atoms with van der Waals surface area (Å²) < 4.78 is 28.8. The molecular weight excluding hydrogens is 262 g/mol. The van der Waals surface area contributed by atoms with Gasteiger partial charge in [0.1, 0.15) is 0 Å². The molecule has 1 N–H and O–H groups in total. The lowest BCUT2D eigenvalue weighted by molar-refractivity contribution is 0.214. The fraction of sp³-hybridized carbons (Fsp3) is 1.00. The van der Waals surface area contributed by atoms with Gasteiger partial charge in [0, 0.05) is 26.2 Å². The van der Waals surface area contributed by atoms with Gasteiger partial charge >= 0.3 is 0 Å². The van der Waals surface area contributed by atoms with Crippen molar-refractivity contribution in [3.8, 4) is 0 Å². The van der Waals surface area contributed by atoms with Crippen molar-refractivity contribution in [3.63, 3.8) is 0 Å². The summed E-state index contributed by atoms with van der Waals surface area (Å²) >= 11 is 0. The van der Waals surface area contributed by atoms with E-state index in [1.165, 1.54) is 6.42 Å². The van der Waals surface area contributed by atoms with E-state index in [1.54, 1.807) is 8.61 Å². The average Bonchev–Trinajstić information content (AvgIpc) is 2.85. The largest absolute Gasteiger partial charge is 0.317 e. The molecule has 0 aromatic rings. The Kier molecular flexibility index (Phi) is 3.86. The molecule has 0 aromatic carbocycles. The third-order valence-electron chi connectivity index (χ3n) is 5.04. The summed E-state index contributed by atoms with van der Waals surface area (Å²) in [6, 6.07) is 0. The highest BCUT2D eigenvalue weighted by atomic mass is 32.2. The Hall–Kier alpha value is -0.170. The molecule has 3 rings (SSSR count). The Balaban J connectivity index is 1.69. The summed E-state index contributed by atoms with van der Waals surface area (Å²) in [5.41, 5.74) is 0.258. The minimum absolute atomic E-state index is 0.258. The van der Waals surface area contributed by atoms with Gasteiger partial charge in [-0.15, -0.1) is 0 Å². The minimum atomic E-state index is -3.19. The highest BCUT2D eigenvalue weighted by Gasteiger charge is 2.44. The fourth-order valence-corrected chi connectivity index (χ4v) is 5.52. The molecule has 110 valence electrons. The van der Waals surface area contributed by atoms with Crippen LogP contribution in [0.1, 0.15) is 38.5 Å². The van der Waals surface area contributed by atoms with Crippen LogP contribution in [-0.4, -0.2) is 56.3 Å². The Morgan fingerprint density at radius 1 is 0.842 bits per heavy atom. The number of nitrogens with one attached hydrogen (secondary N) is 1. The Morgan fingerprint density at radius 2 is 1.53 bits per heavy atom. The van der Waals surface area contributed by atoms with Crippen LogP contribution < -0.4 is 5.32 Å². The number of rotatable bonds is 2. The van der Waals surface area contributed by atoms with E-state index < -0.39 is 10.2 Å². The van der Waals surface area contributed by atoms with Crippen LogP contribution in [0.3, 0.4) is 0 Å². The van der Waals surface area contributed by atoms with Gasteiger partial charge in [0.25, 0.3) is 10.2 Å². The summed E-state index contributed by atoms with van der Waals surface area (Å²) in [5, 5.41) is 3.37. The van der Waals surface area contributed by atoms with Crippen molar-refractivity contribution in [2.24, 2.45) is 5.41 Å². The third-order valence-corrected chi connectivity index (χ3v) is 7.02. The SMILES string of the molecule is O=S(=O)(N1CCCCC1)N1CCC2(CCNCC2)C1. The maximum absolute atomic E-state index is 12.7. The second-order valence-corrected chi connectivity index (χ2v) is 8.23. The van der Waals surface area contributed by atoms with Crippen LogP contribution in [0, 0.1) is 5.41 Å². The Bertz CT molecular complexity index is 412. The van der Waals surface area contributed by atoms with Gasteiger partial charge < -0.3 is 5.32 Å². The summed E-state index contributed by atoms with van der Waals surface area (Å²) in [6.45, 7) is 4.97. The highest BCUT2D eigenvalue weighted by molar-refractivity contribution is 7.86. The zero-order chi connectivity index (χ0) is 13.3. The van der Waals surface area contributed by atoms with E-state index >= 15 is 0 Å². The molecule has 19 heavy (non-hydrogen) atoms. The van der Waals surface area contributed by atoms with Gasteiger partial charge in [0.15, 0.2) is 0 Å². The first-order chi connectivity index (χ1) is 9.12.